The van der Waals surface area contributed by atoms with Crippen LogP contribution in [0.25, 0.3) is 0 Å². The molecule has 0 spiro atoms. The molecule has 0 aliphatic carbocycles. The molecule has 1 unspecified atom stereocenters. The normalized spacial score (nSPS) is 12.6. The lowest BCUT2D eigenvalue weighted by molar-refractivity contribution is 0.220. The first-order chi connectivity index (χ1) is 8.20. The van der Waals surface area contributed by atoms with Crippen LogP contribution in [0.3, 0.4) is 0 Å². The van der Waals surface area contributed by atoms with Crippen LogP contribution in [-0.2, 0) is 6.54 Å². The highest BCUT2D eigenvalue weighted by atomic mass is 79.9. The van der Waals surface area contributed by atoms with Crippen LogP contribution in [0.1, 0.15) is 30.6 Å². The second-order valence-corrected chi connectivity index (χ2v) is 4.91. The van der Waals surface area contributed by atoms with E-state index in [0.29, 0.717) is 0 Å². The Balaban J connectivity index is 2.18. The molecule has 2 rings (SSSR count). The Labute approximate surface area is 109 Å². The number of aryl methyl sites for hydroxylation is 1. The maximum absolute atomic E-state index is 10.2. The molecule has 1 heterocycles. The van der Waals surface area contributed by atoms with Gasteiger partial charge in [0.25, 0.3) is 0 Å². The van der Waals surface area contributed by atoms with E-state index in [9.17, 15) is 5.11 Å². The second-order valence-electron chi connectivity index (χ2n) is 3.99. The lowest BCUT2D eigenvalue weighted by Gasteiger charge is -2.08. The molecule has 0 saturated heterocycles. The quantitative estimate of drug-likeness (QED) is 0.941. The Kier molecular flexibility index (Phi) is 3.97. The van der Waals surface area contributed by atoms with Crippen LogP contribution >= 0.6 is 15.9 Å². The SMILES string of the molecule is CCCn1cc(C(O)c2ccc(Br)cc2)cn1. The molecule has 1 aromatic heterocycles. The Bertz CT molecular complexity index is 478. The summed E-state index contributed by atoms with van der Waals surface area (Å²) in [5.41, 5.74) is 1.71. The van der Waals surface area contributed by atoms with E-state index in [4.69, 9.17) is 0 Å². The molecule has 1 atom stereocenters. The number of aliphatic hydroxyl groups excluding tert-OH is 1. The molecule has 0 saturated carbocycles. The number of hydrogen-bond donors (Lipinski definition) is 1. The Morgan fingerprint density at radius 3 is 2.65 bits per heavy atom. The summed E-state index contributed by atoms with van der Waals surface area (Å²) in [4.78, 5) is 0. The highest BCUT2D eigenvalue weighted by Gasteiger charge is 2.12. The molecule has 0 fully saturated rings. The maximum Gasteiger partial charge on any atom is 0.107 e. The van der Waals surface area contributed by atoms with E-state index >= 15 is 0 Å². The third-order valence-corrected chi connectivity index (χ3v) is 3.14. The lowest BCUT2D eigenvalue weighted by Crippen LogP contribution is -1.99. The fourth-order valence-electron chi connectivity index (χ4n) is 1.71. The van der Waals surface area contributed by atoms with Crippen molar-refractivity contribution in [3.8, 4) is 0 Å². The molecule has 0 amide bonds. The van der Waals surface area contributed by atoms with Crippen LogP contribution < -0.4 is 0 Å². The summed E-state index contributed by atoms with van der Waals surface area (Å²) in [5.74, 6) is 0. The van der Waals surface area contributed by atoms with E-state index in [2.05, 4.69) is 28.0 Å². The highest BCUT2D eigenvalue weighted by molar-refractivity contribution is 9.10. The fraction of sp³-hybridized carbons (Fsp3) is 0.308. The average Bonchev–Trinajstić information content (AvgIpc) is 2.78. The summed E-state index contributed by atoms with van der Waals surface area (Å²) in [5, 5.41) is 14.4. The number of nitrogens with zero attached hydrogens (tertiary/aromatic N) is 2. The molecule has 90 valence electrons. The molecular formula is C13H15BrN2O. The number of halogens is 1. The summed E-state index contributed by atoms with van der Waals surface area (Å²) in [6.07, 6.45) is 4.06. The van der Waals surface area contributed by atoms with Crippen molar-refractivity contribution in [2.24, 2.45) is 0 Å². The summed E-state index contributed by atoms with van der Waals surface area (Å²) in [7, 11) is 0. The Hall–Kier alpha value is -1.13. The second kappa shape index (κ2) is 5.47. The van der Waals surface area contributed by atoms with Gasteiger partial charge in [-0.3, -0.25) is 4.68 Å². The summed E-state index contributed by atoms with van der Waals surface area (Å²) >= 11 is 3.38. The standard InChI is InChI=1S/C13H15BrN2O/c1-2-7-16-9-11(8-15-16)13(17)10-3-5-12(14)6-4-10/h3-6,8-9,13,17H,2,7H2,1H3. The van der Waals surface area contributed by atoms with Crippen molar-refractivity contribution >= 4 is 15.9 Å². The summed E-state index contributed by atoms with van der Waals surface area (Å²) < 4.78 is 2.87. The van der Waals surface area contributed by atoms with Gasteiger partial charge < -0.3 is 5.11 Å². The van der Waals surface area contributed by atoms with Crippen molar-refractivity contribution in [1.29, 1.82) is 0 Å². The van der Waals surface area contributed by atoms with Gasteiger partial charge in [0.1, 0.15) is 6.10 Å². The van der Waals surface area contributed by atoms with Crippen LogP contribution in [0.4, 0.5) is 0 Å². The van der Waals surface area contributed by atoms with Gasteiger partial charge in [-0.1, -0.05) is 35.0 Å². The molecular weight excluding hydrogens is 280 g/mol. The molecule has 0 bridgehead atoms. The molecule has 17 heavy (non-hydrogen) atoms. The van der Waals surface area contributed by atoms with Crippen LogP contribution in [0.15, 0.2) is 41.1 Å². The van der Waals surface area contributed by atoms with E-state index in [1.807, 2.05) is 35.1 Å². The molecule has 4 heteroatoms. The van der Waals surface area contributed by atoms with Crippen LogP contribution in [0, 0.1) is 0 Å². The van der Waals surface area contributed by atoms with Gasteiger partial charge in [-0.25, -0.2) is 0 Å². The first-order valence-corrected chi connectivity index (χ1v) is 6.46. The fourth-order valence-corrected chi connectivity index (χ4v) is 1.97. The van der Waals surface area contributed by atoms with E-state index in [-0.39, 0.29) is 0 Å². The van der Waals surface area contributed by atoms with E-state index in [1.165, 1.54) is 0 Å². The minimum Gasteiger partial charge on any atom is -0.384 e. The van der Waals surface area contributed by atoms with Gasteiger partial charge in [0.05, 0.1) is 6.20 Å². The van der Waals surface area contributed by atoms with Gasteiger partial charge in [-0.15, -0.1) is 0 Å². The predicted octanol–water partition coefficient (Wildman–Crippen LogP) is 3.14. The zero-order valence-electron chi connectivity index (χ0n) is 9.68. The molecule has 0 radical (unpaired) electrons. The van der Waals surface area contributed by atoms with Crippen molar-refractivity contribution in [2.45, 2.75) is 26.0 Å². The molecule has 3 nitrogen and oxygen atoms in total. The van der Waals surface area contributed by atoms with Crippen molar-refractivity contribution in [2.75, 3.05) is 0 Å². The molecule has 1 N–H and O–H groups in total. The minimum atomic E-state index is -0.603. The third-order valence-electron chi connectivity index (χ3n) is 2.61. The zero-order chi connectivity index (χ0) is 12.3. The third kappa shape index (κ3) is 2.96. The van der Waals surface area contributed by atoms with Gasteiger partial charge >= 0.3 is 0 Å². The van der Waals surface area contributed by atoms with Crippen LogP contribution in [0.5, 0.6) is 0 Å². The van der Waals surface area contributed by atoms with E-state index < -0.39 is 6.10 Å². The Morgan fingerprint density at radius 2 is 2.00 bits per heavy atom. The smallest absolute Gasteiger partial charge is 0.107 e. The lowest BCUT2D eigenvalue weighted by atomic mass is 10.1. The van der Waals surface area contributed by atoms with Crippen LogP contribution in [-0.4, -0.2) is 14.9 Å². The topological polar surface area (TPSA) is 38.0 Å². The van der Waals surface area contributed by atoms with Crippen molar-refractivity contribution in [1.82, 2.24) is 9.78 Å². The van der Waals surface area contributed by atoms with Crippen molar-refractivity contribution < 1.29 is 5.11 Å². The predicted molar refractivity (Wildman–Crippen MR) is 70.7 cm³/mol. The highest BCUT2D eigenvalue weighted by Crippen LogP contribution is 2.22. The number of aliphatic hydroxyl groups is 1. The minimum absolute atomic E-state index is 0.603. The van der Waals surface area contributed by atoms with Crippen molar-refractivity contribution in [3.05, 3.63) is 52.3 Å². The van der Waals surface area contributed by atoms with E-state index in [1.54, 1.807) is 6.20 Å². The largest absolute Gasteiger partial charge is 0.384 e. The molecule has 0 aliphatic rings. The molecule has 0 aliphatic heterocycles. The first-order valence-electron chi connectivity index (χ1n) is 5.66. The number of hydrogen-bond acceptors (Lipinski definition) is 2. The van der Waals surface area contributed by atoms with Gasteiger partial charge in [0.15, 0.2) is 0 Å². The van der Waals surface area contributed by atoms with E-state index in [0.717, 1.165) is 28.6 Å². The maximum atomic E-state index is 10.2. The Morgan fingerprint density at radius 1 is 1.29 bits per heavy atom. The number of rotatable bonds is 4. The van der Waals surface area contributed by atoms with Gasteiger partial charge in [-0.2, -0.15) is 5.10 Å². The monoisotopic (exact) mass is 294 g/mol. The van der Waals surface area contributed by atoms with Gasteiger partial charge in [0, 0.05) is 22.8 Å². The zero-order valence-corrected chi connectivity index (χ0v) is 11.3. The average molecular weight is 295 g/mol. The molecule has 2 aromatic rings. The van der Waals surface area contributed by atoms with Gasteiger partial charge in [-0.05, 0) is 24.1 Å². The molecule has 1 aromatic carbocycles. The van der Waals surface area contributed by atoms with Crippen LogP contribution in [0.2, 0.25) is 0 Å². The summed E-state index contributed by atoms with van der Waals surface area (Å²) in [6, 6.07) is 7.67. The first kappa shape index (κ1) is 12.3. The number of aromatic nitrogens is 2. The summed E-state index contributed by atoms with van der Waals surface area (Å²) in [6.45, 7) is 2.99. The van der Waals surface area contributed by atoms with Crippen molar-refractivity contribution in [3.63, 3.8) is 0 Å². The number of benzene rings is 1. The van der Waals surface area contributed by atoms with Gasteiger partial charge in [0.2, 0.25) is 0 Å².